The number of ether oxygens (including phenoxy) is 2. The molecule has 3 rings (SSSR count). The van der Waals surface area contributed by atoms with E-state index < -0.39 is 95.5 Å². The number of nitro groups is 2. The van der Waals surface area contributed by atoms with Crippen LogP contribution in [0.2, 0.25) is 0 Å². The van der Waals surface area contributed by atoms with Crippen molar-refractivity contribution < 1.29 is 56.1 Å². The van der Waals surface area contributed by atoms with Crippen molar-refractivity contribution in [2.45, 2.75) is 239 Å². The predicted octanol–water partition coefficient (Wildman–Crippen LogP) is 18.5. The Hall–Kier alpha value is -4.00. The number of carbonyl (C=O) groups is 2. The zero-order chi connectivity index (χ0) is 65.5. The number of alkyl carbamates (subject to hydrolysis) is 2. The first-order valence-corrected chi connectivity index (χ1v) is 34.7. The molecule has 0 radical (unpaired) electrons. The van der Waals surface area contributed by atoms with Crippen LogP contribution >= 0.6 is 38.7 Å². The van der Waals surface area contributed by atoms with Gasteiger partial charge in [-0.3, -0.25) is 47.5 Å². The summed E-state index contributed by atoms with van der Waals surface area (Å²) >= 11 is 3.04. The molecule has 482 valence electrons. The third-order valence-corrected chi connectivity index (χ3v) is 21.1. The largest absolute Gasteiger partial charge is 0.444 e. The maximum Gasteiger partial charge on any atom is 0.409 e. The molecule has 3 aromatic rings. The molecule has 0 heterocycles. The predicted molar refractivity (Wildman–Crippen MR) is 344 cm³/mol. The fraction of sp³-hybridized carbons (Fsp3) is 0.683. The second-order valence-electron chi connectivity index (χ2n) is 26.8. The van der Waals surface area contributed by atoms with E-state index in [0.717, 1.165) is 14.7 Å². The highest BCUT2D eigenvalue weighted by atomic mass is 32.2. The molecular formula is C63H104N4O14P2S2. The Morgan fingerprint density at radius 1 is 0.435 bits per heavy atom. The Morgan fingerprint density at radius 2 is 0.682 bits per heavy atom. The average Bonchev–Trinajstić information content (AvgIpc) is 2.70. The zero-order valence-corrected chi connectivity index (χ0v) is 58.8. The van der Waals surface area contributed by atoms with E-state index in [2.05, 4.69) is 10.6 Å². The maximum atomic E-state index is 15.4. The minimum absolute atomic E-state index is 0.109. The lowest BCUT2D eigenvalue weighted by molar-refractivity contribution is -0.546. The van der Waals surface area contributed by atoms with Crippen LogP contribution in [-0.4, -0.2) is 74.5 Å². The lowest BCUT2D eigenvalue weighted by Gasteiger charge is -2.41. The number of nitrogens with zero attached hydrogens (tertiary/aromatic N) is 2. The Labute approximate surface area is 518 Å². The van der Waals surface area contributed by atoms with Gasteiger partial charge in [0.15, 0.2) is 0 Å². The van der Waals surface area contributed by atoms with Crippen LogP contribution in [-0.2, 0) is 36.7 Å². The number of amides is 2. The number of rotatable bonds is 29. The molecule has 85 heavy (non-hydrogen) atoms. The van der Waals surface area contributed by atoms with Gasteiger partial charge < -0.3 is 20.1 Å². The van der Waals surface area contributed by atoms with Gasteiger partial charge in [-0.1, -0.05) is 165 Å². The van der Waals surface area contributed by atoms with Gasteiger partial charge in [-0.25, -0.2) is 9.59 Å². The summed E-state index contributed by atoms with van der Waals surface area (Å²) in [7, 11) is -9.34. The van der Waals surface area contributed by atoms with Gasteiger partial charge in [0.25, 0.3) is 0 Å². The second kappa shape index (κ2) is 32.5. The fourth-order valence-corrected chi connectivity index (χ4v) is 16.9. The van der Waals surface area contributed by atoms with Crippen LogP contribution in [0.3, 0.4) is 0 Å². The van der Waals surface area contributed by atoms with E-state index in [0.29, 0.717) is 11.1 Å². The lowest BCUT2D eigenvalue weighted by atomic mass is 9.97. The van der Waals surface area contributed by atoms with E-state index in [-0.39, 0.29) is 47.3 Å². The summed E-state index contributed by atoms with van der Waals surface area (Å²) < 4.78 is 67.2. The molecule has 22 heteroatoms. The van der Waals surface area contributed by atoms with Crippen molar-refractivity contribution in [2.75, 3.05) is 6.26 Å². The number of benzene rings is 3. The van der Waals surface area contributed by atoms with Crippen molar-refractivity contribution in [1.82, 2.24) is 10.6 Å². The summed E-state index contributed by atoms with van der Waals surface area (Å²) in [6.07, 6.45) is -2.30. The second-order valence-corrected chi connectivity index (χ2v) is 33.5. The van der Waals surface area contributed by atoms with E-state index in [1.54, 1.807) is 77.9 Å². The average molecular weight is 1270 g/mol. The van der Waals surface area contributed by atoms with Crippen LogP contribution in [0.5, 0.6) is 0 Å². The van der Waals surface area contributed by atoms with Crippen LogP contribution in [0.1, 0.15) is 189 Å². The van der Waals surface area contributed by atoms with Gasteiger partial charge in [-0.05, 0) is 143 Å². The minimum Gasteiger partial charge on any atom is -0.444 e. The number of hydrogen-bond acceptors (Lipinski definition) is 16. The zero-order valence-electron chi connectivity index (χ0n) is 55.4. The van der Waals surface area contributed by atoms with Crippen LogP contribution in [0.4, 0.5) is 9.59 Å². The molecule has 0 unspecified atom stereocenters. The van der Waals surface area contributed by atoms with Crippen LogP contribution in [0.25, 0.3) is 0 Å². The van der Waals surface area contributed by atoms with E-state index >= 15 is 9.13 Å². The van der Waals surface area contributed by atoms with Crippen LogP contribution in [0, 0.1) is 67.6 Å². The van der Waals surface area contributed by atoms with Crippen molar-refractivity contribution >= 4 is 50.9 Å². The molecular weight excluding hydrogens is 1160 g/mol. The van der Waals surface area contributed by atoms with Gasteiger partial charge in [-0.15, -0.1) is 11.8 Å². The molecule has 0 aromatic heterocycles. The van der Waals surface area contributed by atoms with E-state index in [1.807, 2.05) is 160 Å². The first-order valence-electron chi connectivity index (χ1n) is 29.6. The van der Waals surface area contributed by atoms with Crippen molar-refractivity contribution in [1.29, 1.82) is 0 Å². The van der Waals surface area contributed by atoms with Gasteiger partial charge in [0.2, 0.25) is 0 Å². The number of carbonyl (C=O) groups excluding carboxylic acids is 2. The van der Waals surface area contributed by atoms with Crippen LogP contribution < -0.4 is 10.6 Å². The van der Waals surface area contributed by atoms with Gasteiger partial charge >= 0.3 is 37.9 Å². The Bertz CT molecular complexity index is 2600. The summed E-state index contributed by atoms with van der Waals surface area (Å²) in [5, 5.41) is 27.1. The molecule has 3 aromatic carbocycles. The van der Waals surface area contributed by atoms with Gasteiger partial charge in [-0.2, -0.15) is 0 Å². The Balaban J connectivity index is 0.000000584. The fourth-order valence-electron chi connectivity index (χ4n) is 9.97. The van der Waals surface area contributed by atoms with Crippen LogP contribution in [0.15, 0.2) is 93.5 Å². The minimum atomic E-state index is -4.70. The molecule has 0 saturated heterocycles. The van der Waals surface area contributed by atoms with Gasteiger partial charge in [0.05, 0.1) is 24.4 Å². The van der Waals surface area contributed by atoms with E-state index in [9.17, 15) is 29.8 Å². The maximum absolute atomic E-state index is 15.4. The highest BCUT2D eigenvalue weighted by Crippen LogP contribution is 2.69. The molecule has 0 saturated carbocycles. The summed E-state index contributed by atoms with van der Waals surface area (Å²) in [6.45, 7) is 43.3. The van der Waals surface area contributed by atoms with Crippen molar-refractivity contribution in [3.05, 3.63) is 110 Å². The van der Waals surface area contributed by atoms with Crippen molar-refractivity contribution in [2.24, 2.45) is 47.3 Å². The molecule has 0 fully saturated rings. The van der Waals surface area contributed by atoms with Gasteiger partial charge in [0, 0.05) is 38.4 Å². The third kappa shape index (κ3) is 21.6. The topological polar surface area (TPSA) is 234 Å². The summed E-state index contributed by atoms with van der Waals surface area (Å²) in [6, 6.07) is 21.0. The summed E-state index contributed by atoms with van der Waals surface area (Å²) in [5.74, 6) is -0.931. The normalized spacial score (nSPS) is 15.0. The molecule has 4 atom stereocenters. The van der Waals surface area contributed by atoms with E-state index in [4.69, 9.17) is 27.6 Å². The smallest absolute Gasteiger partial charge is 0.409 e. The van der Waals surface area contributed by atoms with E-state index in [1.165, 1.54) is 37.4 Å². The number of hydrogen-bond donors (Lipinski definition) is 2. The van der Waals surface area contributed by atoms with Gasteiger partial charge in [0.1, 0.15) is 23.3 Å². The molecule has 0 aliphatic carbocycles. The first-order chi connectivity index (χ1) is 38.9. The number of thioether (sulfide) groups is 1. The molecule has 0 spiro atoms. The molecule has 0 aliphatic rings. The molecule has 2 amide bonds. The SMILES string of the molecule is CC(C)C(OP(=O)(OC(C(C)C)C(C)C)[C@@](C)([C@H](NC(=O)OC(C)(C)C)c1ccc(Sc2ccccc2)cc1)[N+](=O)[O-])C(C)C.CSc1ccc([C@H](NC(=O)OC(C)(C)C)[C@](C)([N+](=O)[O-])P(=O)(OC(C(C)C)C(C)C)OC(C(C)C)C(C)C)cc1. The quantitative estimate of drug-likeness (QED) is 0.0285. The highest BCUT2D eigenvalue weighted by molar-refractivity contribution is 7.99. The molecule has 18 nitrogen and oxygen atoms in total. The molecule has 2 N–H and O–H groups in total. The third-order valence-electron chi connectivity index (χ3n) is 14.2. The summed E-state index contributed by atoms with van der Waals surface area (Å²) in [4.78, 5) is 54.6. The standard InChI is InChI=1S/C34H53N2O7PS.C29H51N2O7PS/c1-22(2)29(23(3)4)42-44(40,43-30(24(5)6)25(7)8)34(12,36(38)39)31(35-32(37)41-33(9,10)11)26-18-20-28(21-19-26)45-27-16-14-13-15-17-27;1-18(2)24(19(3)4)37-39(35,38-25(20(5)6)21(7)8)29(12,31(33)34)26(30-27(32)36-28(9,10)11)22-14-16-23(40-13)17-15-22/h13-25,29-31H,1-12H3,(H,35,37);14-21,24-26H,1-13H3,(H,30,32)/t31-,34+;26-,29+/m10/s1. The Kier molecular flexibility index (Phi) is 29.5. The first kappa shape index (κ1) is 77.1. The highest BCUT2D eigenvalue weighted by Gasteiger charge is 2.68. The molecule has 0 aliphatic heterocycles. The van der Waals surface area contributed by atoms with Crippen molar-refractivity contribution in [3.63, 3.8) is 0 Å². The Morgan fingerprint density at radius 3 is 0.906 bits per heavy atom. The summed E-state index contributed by atoms with van der Waals surface area (Å²) in [5.41, 5.74) is -1.000. The lowest BCUT2D eigenvalue weighted by Crippen LogP contribution is -2.52. The number of nitrogens with one attached hydrogen (secondary N) is 2. The monoisotopic (exact) mass is 1270 g/mol. The molecule has 0 bridgehead atoms. The van der Waals surface area contributed by atoms with Crippen molar-refractivity contribution in [3.8, 4) is 0 Å².